The topological polar surface area (TPSA) is 35.5 Å². The summed E-state index contributed by atoms with van der Waals surface area (Å²) in [5.41, 5.74) is 0.185. The van der Waals surface area contributed by atoms with Gasteiger partial charge in [-0.25, -0.2) is 0 Å². The summed E-state index contributed by atoms with van der Waals surface area (Å²) in [5, 5.41) is 13.2. The van der Waals surface area contributed by atoms with Gasteiger partial charge in [-0.2, -0.15) is 0 Å². The van der Waals surface area contributed by atoms with Gasteiger partial charge in [0, 0.05) is 18.1 Å². The molecule has 0 spiro atoms. The number of rotatable bonds is 5. The molecule has 2 fully saturated rings. The van der Waals surface area contributed by atoms with Crippen molar-refractivity contribution >= 4 is 0 Å². The molecule has 2 rings (SSSR count). The van der Waals surface area contributed by atoms with Crippen LogP contribution in [0.3, 0.4) is 0 Å². The van der Waals surface area contributed by atoms with Crippen LogP contribution in [0.15, 0.2) is 0 Å². The van der Waals surface area contributed by atoms with Crippen molar-refractivity contribution in [2.24, 2.45) is 0 Å². The highest BCUT2D eigenvalue weighted by atomic mass is 16.3. The van der Waals surface area contributed by atoms with Crippen LogP contribution < -0.4 is 5.32 Å². The van der Waals surface area contributed by atoms with Crippen LogP contribution in [-0.4, -0.2) is 46.8 Å². The molecule has 1 atom stereocenters. The van der Waals surface area contributed by atoms with Crippen molar-refractivity contribution in [3.05, 3.63) is 0 Å². The summed E-state index contributed by atoms with van der Waals surface area (Å²) in [7, 11) is 0. The first-order chi connectivity index (χ1) is 7.45. The van der Waals surface area contributed by atoms with E-state index in [1.807, 2.05) is 0 Å². The smallest absolute Gasteiger partial charge is 0.0623 e. The van der Waals surface area contributed by atoms with E-state index in [4.69, 9.17) is 0 Å². The molecule has 0 aromatic rings. The van der Waals surface area contributed by atoms with Crippen molar-refractivity contribution in [1.29, 1.82) is 0 Å². The van der Waals surface area contributed by atoms with Gasteiger partial charge in [-0.1, -0.05) is 0 Å². The number of nitrogens with one attached hydrogen (secondary N) is 1. The highest BCUT2D eigenvalue weighted by molar-refractivity contribution is 4.98. The molecule has 0 bridgehead atoms. The number of hydrogen-bond donors (Lipinski definition) is 2. The van der Waals surface area contributed by atoms with E-state index >= 15 is 0 Å². The van der Waals surface area contributed by atoms with Crippen LogP contribution in [0.2, 0.25) is 0 Å². The Labute approximate surface area is 99.2 Å². The van der Waals surface area contributed by atoms with E-state index in [0.717, 1.165) is 6.54 Å². The van der Waals surface area contributed by atoms with E-state index in [-0.39, 0.29) is 12.1 Å². The molecule has 0 amide bonds. The van der Waals surface area contributed by atoms with Gasteiger partial charge in [0.2, 0.25) is 0 Å². The molecular formula is C13H26N2O. The molecule has 1 saturated carbocycles. The maximum absolute atomic E-state index is 9.60. The largest absolute Gasteiger partial charge is 0.394 e. The fourth-order valence-corrected chi connectivity index (χ4v) is 2.74. The minimum Gasteiger partial charge on any atom is -0.394 e. The molecule has 94 valence electrons. The first-order valence-electron chi connectivity index (χ1n) is 6.59. The molecule has 0 aromatic heterocycles. The molecule has 1 aliphatic carbocycles. The summed E-state index contributed by atoms with van der Waals surface area (Å²) in [4.78, 5) is 2.53. The summed E-state index contributed by atoms with van der Waals surface area (Å²) in [5.74, 6) is 0. The maximum atomic E-state index is 9.60. The van der Waals surface area contributed by atoms with Gasteiger partial charge < -0.3 is 10.4 Å². The Kier molecular flexibility index (Phi) is 3.30. The highest BCUT2D eigenvalue weighted by Crippen LogP contribution is 2.30. The molecule has 3 nitrogen and oxygen atoms in total. The third kappa shape index (κ3) is 2.76. The highest BCUT2D eigenvalue weighted by Gasteiger charge is 2.39. The standard InChI is InChI=1S/C13H26N2O/c1-12(2)7-4-8-15(12)9-13(3,10-16)14-11-5-6-11/h11,14,16H,4-10H2,1-3H3. The normalized spacial score (nSPS) is 29.2. The average Bonchev–Trinajstić information content (AvgIpc) is 2.94. The van der Waals surface area contributed by atoms with Crippen molar-refractivity contribution < 1.29 is 5.11 Å². The van der Waals surface area contributed by atoms with Gasteiger partial charge in [-0.05, 0) is 53.0 Å². The van der Waals surface area contributed by atoms with Crippen molar-refractivity contribution in [1.82, 2.24) is 10.2 Å². The second-order valence-corrected chi connectivity index (χ2v) is 6.47. The van der Waals surface area contributed by atoms with Crippen LogP contribution in [0, 0.1) is 0 Å². The van der Waals surface area contributed by atoms with E-state index in [0.29, 0.717) is 11.6 Å². The number of nitrogens with zero attached hydrogens (tertiary/aromatic N) is 1. The fourth-order valence-electron chi connectivity index (χ4n) is 2.74. The van der Waals surface area contributed by atoms with E-state index < -0.39 is 0 Å². The van der Waals surface area contributed by atoms with Gasteiger partial charge >= 0.3 is 0 Å². The van der Waals surface area contributed by atoms with Gasteiger partial charge in [-0.3, -0.25) is 4.90 Å². The zero-order chi connectivity index (χ0) is 11.8. The zero-order valence-corrected chi connectivity index (χ0v) is 10.9. The Morgan fingerprint density at radius 2 is 2.12 bits per heavy atom. The second kappa shape index (κ2) is 4.28. The van der Waals surface area contributed by atoms with Crippen molar-refractivity contribution in [2.45, 2.75) is 63.6 Å². The Morgan fingerprint density at radius 1 is 1.44 bits per heavy atom. The summed E-state index contributed by atoms with van der Waals surface area (Å²) >= 11 is 0. The molecule has 1 aliphatic heterocycles. The van der Waals surface area contributed by atoms with E-state index in [9.17, 15) is 5.11 Å². The molecule has 0 aromatic carbocycles. The Balaban J connectivity index is 1.94. The molecule has 0 radical (unpaired) electrons. The first-order valence-corrected chi connectivity index (χ1v) is 6.59. The fraction of sp³-hybridized carbons (Fsp3) is 1.00. The van der Waals surface area contributed by atoms with Gasteiger partial charge in [0.25, 0.3) is 0 Å². The third-order valence-corrected chi connectivity index (χ3v) is 4.09. The van der Waals surface area contributed by atoms with Gasteiger partial charge in [0.1, 0.15) is 0 Å². The zero-order valence-electron chi connectivity index (χ0n) is 10.9. The lowest BCUT2D eigenvalue weighted by atomic mass is 9.97. The Hall–Kier alpha value is -0.120. The Bertz CT molecular complexity index is 250. The minimum absolute atomic E-state index is 0.122. The summed E-state index contributed by atoms with van der Waals surface area (Å²) in [6, 6.07) is 0.655. The lowest BCUT2D eigenvalue weighted by Crippen LogP contribution is -2.57. The van der Waals surface area contributed by atoms with Crippen molar-refractivity contribution in [3.63, 3.8) is 0 Å². The van der Waals surface area contributed by atoms with Gasteiger partial charge in [0.15, 0.2) is 0 Å². The van der Waals surface area contributed by atoms with E-state index in [1.165, 1.54) is 32.2 Å². The quantitative estimate of drug-likeness (QED) is 0.743. The summed E-state index contributed by atoms with van der Waals surface area (Å²) in [6.07, 6.45) is 5.12. The number of aliphatic hydroxyl groups excluding tert-OH is 1. The molecule has 1 saturated heterocycles. The molecule has 3 heteroatoms. The van der Waals surface area contributed by atoms with Crippen LogP contribution in [0.1, 0.15) is 46.5 Å². The molecule has 2 aliphatic rings. The molecule has 1 heterocycles. The van der Waals surface area contributed by atoms with Crippen LogP contribution in [0.4, 0.5) is 0 Å². The molecule has 1 unspecified atom stereocenters. The average molecular weight is 226 g/mol. The monoisotopic (exact) mass is 226 g/mol. The van der Waals surface area contributed by atoms with E-state index in [2.05, 4.69) is 31.0 Å². The van der Waals surface area contributed by atoms with Crippen LogP contribution in [-0.2, 0) is 0 Å². The van der Waals surface area contributed by atoms with Gasteiger partial charge in [-0.15, -0.1) is 0 Å². The number of aliphatic hydroxyl groups is 1. The lowest BCUT2D eigenvalue weighted by Gasteiger charge is -2.39. The predicted octanol–water partition coefficient (Wildman–Crippen LogP) is 1.36. The predicted molar refractivity (Wildman–Crippen MR) is 66.5 cm³/mol. The second-order valence-electron chi connectivity index (χ2n) is 6.47. The summed E-state index contributed by atoms with van der Waals surface area (Å²) in [6.45, 7) is 9.15. The van der Waals surface area contributed by atoms with Crippen LogP contribution in [0.25, 0.3) is 0 Å². The van der Waals surface area contributed by atoms with Crippen molar-refractivity contribution in [2.75, 3.05) is 19.7 Å². The number of hydrogen-bond acceptors (Lipinski definition) is 3. The molecular weight excluding hydrogens is 200 g/mol. The lowest BCUT2D eigenvalue weighted by molar-refractivity contribution is 0.0842. The van der Waals surface area contributed by atoms with Crippen LogP contribution in [0.5, 0.6) is 0 Å². The molecule has 16 heavy (non-hydrogen) atoms. The Morgan fingerprint density at radius 3 is 2.56 bits per heavy atom. The molecule has 2 N–H and O–H groups in total. The van der Waals surface area contributed by atoms with Crippen molar-refractivity contribution in [3.8, 4) is 0 Å². The first kappa shape index (κ1) is 12.3. The SMILES string of the molecule is CC(CO)(CN1CCCC1(C)C)NC1CC1. The van der Waals surface area contributed by atoms with E-state index in [1.54, 1.807) is 0 Å². The minimum atomic E-state index is -0.122. The van der Waals surface area contributed by atoms with Crippen LogP contribution >= 0.6 is 0 Å². The maximum Gasteiger partial charge on any atom is 0.0623 e. The third-order valence-electron chi connectivity index (χ3n) is 4.09. The van der Waals surface area contributed by atoms with Gasteiger partial charge in [0.05, 0.1) is 12.1 Å². The summed E-state index contributed by atoms with van der Waals surface area (Å²) < 4.78 is 0. The number of likely N-dealkylation sites (tertiary alicyclic amines) is 1.